The van der Waals surface area contributed by atoms with Gasteiger partial charge in [-0.05, 0) is 18.2 Å². The lowest BCUT2D eigenvalue weighted by molar-refractivity contribution is -0.141. The predicted octanol–water partition coefficient (Wildman–Crippen LogP) is 3.69. The van der Waals surface area contributed by atoms with Gasteiger partial charge in [0.25, 0.3) is 5.91 Å². The molecule has 4 heterocycles. The average Bonchev–Trinajstić information content (AvgIpc) is 3.22. The molecular formula is C22H18F4N4O3. The maximum atomic E-state index is 14.1. The third-order valence-corrected chi connectivity index (χ3v) is 5.53. The van der Waals surface area contributed by atoms with Crippen LogP contribution in [0.2, 0.25) is 0 Å². The molecule has 1 aromatic carbocycles. The van der Waals surface area contributed by atoms with Crippen molar-refractivity contribution in [1.29, 1.82) is 0 Å². The number of fused-ring (bicyclic) bond motifs is 2. The third kappa shape index (κ3) is 4.22. The van der Waals surface area contributed by atoms with E-state index in [4.69, 9.17) is 9.47 Å². The number of ether oxygens (including phenoxy) is 2. The molecule has 1 amide bonds. The van der Waals surface area contributed by atoms with Crippen molar-refractivity contribution in [3.05, 3.63) is 70.9 Å². The monoisotopic (exact) mass is 462 g/mol. The maximum Gasteiger partial charge on any atom is 0.433 e. The highest BCUT2D eigenvalue weighted by Gasteiger charge is 2.34. The molecular weight excluding hydrogens is 444 g/mol. The van der Waals surface area contributed by atoms with Crippen LogP contribution in [0.5, 0.6) is 11.6 Å². The molecule has 0 radical (unpaired) electrons. The van der Waals surface area contributed by atoms with Gasteiger partial charge in [0, 0.05) is 31.0 Å². The Morgan fingerprint density at radius 3 is 2.79 bits per heavy atom. The first-order valence-electron chi connectivity index (χ1n) is 10.3. The zero-order valence-corrected chi connectivity index (χ0v) is 17.1. The van der Waals surface area contributed by atoms with Gasteiger partial charge in [-0.2, -0.15) is 18.3 Å². The normalized spacial score (nSPS) is 19.6. The summed E-state index contributed by atoms with van der Waals surface area (Å²) in [5.74, 6) is -0.291. The van der Waals surface area contributed by atoms with E-state index in [1.54, 1.807) is 18.2 Å². The number of rotatable bonds is 3. The number of aromatic nitrogens is 3. The number of nitrogens with one attached hydrogen (secondary N) is 1. The molecule has 0 fully saturated rings. The van der Waals surface area contributed by atoms with Crippen LogP contribution in [0.3, 0.4) is 0 Å². The van der Waals surface area contributed by atoms with Gasteiger partial charge in [0.1, 0.15) is 30.0 Å². The van der Waals surface area contributed by atoms with Crippen LogP contribution in [0.4, 0.5) is 17.6 Å². The molecule has 2 atom stereocenters. The van der Waals surface area contributed by atoms with Crippen molar-refractivity contribution < 1.29 is 31.8 Å². The van der Waals surface area contributed by atoms with Crippen LogP contribution in [0.15, 0.2) is 42.5 Å². The van der Waals surface area contributed by atoms with E-state index in [1.807, 2.05) is 0 Å². The molecule has 2 aliphatic rings. The number of hydrogen-bond donors (Lipinski definition) is 1. The summed E-state index contributed by atoms with van der Waals surface area (Å²) in [5.41, 5.74) is -0.372. The minimum atomic E-state index is -4.57. The summed E-state index contributed by atoms with van der Waals surface area (Å²) in [5, 5.41) is 6.96. The van der Waals surface area contributed by atoms with Crippen LogP contribution in [-0.4, -0.2) is 33.3 Å². The number of halogens is 4. The molecule has 3 aromatic rings. The second-order valence-corrected chi connectivity index (χ2v) is 7.83. The molecule has 2 aromatic heterocycles. The highest BCUT2D eigenvalue weighted by atomic mass is 19.4. The number of nitrogens with zero attached hydrogens (tertiary/aromatic N) is 3. The summed E-state index contributed by atoms with van der Waals surface area (Å²) in [6.45, 7) is 0.525. The number of carbonyl (C=O) groups is 1. The van der Waals surface area contributed by atoms with Gasteiger partial charge in [0.15, 0.2) is 5.69 Å². The Hall–Kier alpha value is -3.63. The molecule has 2 aliphatic heterocycles. The average molecular weight is 462 g/mol. The van der Waals surface area contributed by atoms with Gasteiger partial charge < -0.3 is 14.8 Å². The number of carbonyl (C=O) groups excluding carboxylic acids is 1. The van der Waals surface area contributed by atoms with Crippen molar-refractivity contribution in [2.75, 3.05) is 6.61 Å². The molecule has 172 valence electrons. The van der Waals surface area contributed by atoms with Crippen molar-refractivity contribution in [2.24, 2.45) is 0 Å². The van der Waals surface area contributed by atoms with E-state index in [0.717, 1.165) is 6.07 Å². The minimum Gasteiger partial charge on any atom is -0.490 e. The summed E-state index contributed by atoms with van der Waals surface area (Å²) in [6, 6.07) is 9.31. The Kier molecular flexibility index (Phi) is 5.18. The van der Waals surface area contributed by atoms with Crippen LogP contribution in [0.25, 0.3) is 0 Å². The number of pyridine rings is 1. The van der Waals surface area contributed by atoms with Gasteiger partial charge >= 0.3 is 6.18 Å². The molecule has 0 spiro atoms. The number of hydrogen-bond acceptors (Lipinski definition) is 5. The molecule has 0 saturated carbocycles. The molecule has 0 saturated heterocycles. The highest BCUT2D eigenvalue weighted by Crippen LogP contribution is 2.33. The van der Waals surface area contributed by atoms with Crippen LogP contribution in [0.1, 0.15) is 40.0 Å². The van der Waals surface area contributed by atoms with E-state index in [2.05, 4.69) is 15.4 Å². The highest BCUT2D eigenvalue weighted by molar-refractivity contribution is 5.92. The first-order chi connectivity index (χ1) is 15.8. The van der Waals surface area contributed by atoms with E-state index < -0.39 is 29.9 Å². The second-order valence-electron chi connectivity index (χ2n) is 7.83. The predicted molar refractivity (Wildman–Crippen MR) is 106 cm³/mol. The van der Waals surface area contributed by atoms with Crippen LogP contribution in [-0.2, 0) is 19.1 Å². The van der Waals surface area contributed by atoms with Gasteiger partial charge in [0.05, 0.1) is 11.7 Å². The van der Waals surface area contributed by atoms with Gasteiger partial charge in [0.2, 0.25) is 5.88 Å². The van der Waals surface area contributed by atoms with E-state index in [0.29, 0.717) is 24.4 Å². The van der Waals surface area contributed by atoms with Gasteiger partial charge in [-0.1, -0.05) is 18.2 Å². The SMILES string of the molecule is O=C(N[C@H]1COc2ccc(C(F)(F)F)nc2C1)c1cc2n(n1)CCC(c1ccccc1F)O2. The molecule has 5 rings (SSSR count). The lowest BCUT2D eigenvalue weighted by atomic mass is 10.1. The zero-order chi connectivity index (χ0) is 23.2. The molecule has 1 N–H and O–H groups in total. The Morgan fingerprint density at radius 2 is 2.00 bits per heavy atom. The van der Waals surface area contributed by atoms with Gasteiger partial charge in [-0.25, -0.2) is 14.1 Å². The number of aryl methyl sites for hydroxylation is 1. The van der Waals surface area contributed by atoms with E-state index in [9.17, 15) is 22.4 Å². The number of benzene rings is 1. The van der Waals surface area contributed by atoms with Crippen molar-refractivity contribution >= 4 is 5.91 Å². The Labute approximate surface area is 185 Å². The Balaban J connectivity index is 1.27. The summed E-state index contributed by atoms with van der Waals surface area (Å²) in [4.78, 5) is 16.4. The van der Waals surface area contributed by atoms with Crippen LogP contribution in [0, 0.1) is 5.82 Å². The molecule has 11 heteroatoms. The summed E-state index contributed by atoms with van der Waals surface area (Å²) >= 11 is 0. The van der Waals surface area contributed by atoms with E-state index in [1.165, 1.54) is 22.9 Å². The molecule has 0 aliphatic carbocycles. The van der Waals surface area contributed by atoms with E-state index >= 15 is 0 Å². The Bertz CT molecular complexity index is 1210. The lowest BCUT2D eigenvalue weighted by Gasteiger charge is -2.25. The molecule has 33 heavy (non-hydrogen) atoms. The first kappa shape index (κ1) is 21.2. The standard InChI is InChI=1S/C22H18F4N4O3/c23-14-4-2-1-3-13(14)17-7-8-30-20(33-17)10-16(29-30)21(31)27-12-9-15-18(32-11-12)5-6-19(28-15)22(24,25)26/h1-6,10,12,17H,7-9,11H2,(H,27,31)/t12-,17?/m1/s1. The van der Waals surface area contributed by atoms with Crippen LogP contribution < -0.4 is 14.8 Å². The Morgan fingerprint density at radius 1 is 1.18 bits per heavy atom. The second kappa shape index (κ2) is 8.05. The largest absolute Gasteiger partial charge is 0.490 e. The summed E-state index contributed by atoms with van der Waals surface area (Å²) in [6.07, 6.45) is -4.49. The fourth-order valence-corrected chi connectivity index (χ4v) is 3.92. The van der Waals surface area contributed by atoms with E-state index in [-0.39, 0.29) is 36.0 Å². The molecule has 0 bridgehead atoms. The van der Waals surface area contributed by atoms with Crippen molar-refractivity contribution in [3.8, 4) is 11.6 Å². The topological polar surface area (TPSA) is 78.3 Å². The summed E-state index contributed by atoms with van der Waals surface area (Å²) < 4.78 is 65.8. The number of alkyl halides is 3. The van der Waals surface area contributed by atoms with Gasteiger partial charge in [-0.3, -0.25) is 4.79 Å². The quantitative estimate of drug-likeness (QED) is 0.601. The smallest absolute Gasteiger partial charge is 0.433 e. The number of amides is 1. The fourth-order valence-electron chi connectivity index (χ4n) is 3.92. The van der Waals surface area contributed by atoms with Crippen molar-refractivity contribution in [2.45, 2.75) is 37.7 Å². The van der Waals surface area contributed by atoms with Crippen molar-refractivity contribution in [3.63, 3.8) is 0 Å². The van der Waals surface area contributed by atoms with Crippen LogP contribution >= 0.6 is 0 Å². The van der Waals surface area contributed by atoms with Crippen molar-refractivity contribution in [1.82, 2.24) is 20.1 Å². The van der Waals surface area contributed by atoms with Gasteiger partial charge in [-0.15, -0.1) is 0 Å². The first-order valence-corrected chi connectivity index (χ1v) is 10.3. The maximum absolute atomic E-state index is 14.1. The third-order valence-electron chi connectivity index (χ3n) is 5.53. The zero-order valence-electron chi connectivity index (χ0n) is 17.1. The fraction of sp³-hybridized carbons (Fsp3) is 0.318. The lowest BCUT2D eigenvalue weighted by Crippen LogP contribution is -2.43. The molecule has 1 unspecified atom stereocenters. The molecule has 7 nitrogen and oxygen atoms in total. The minimum absolute atomic E-state index is 0.0852. The summed E-state index contributed by atoms with van der Waals surface area (Å²) in [7, 11) is 0.